The minimum Gasteiger partial charge on any atom is -0.496 e. The number of pyridine rings is 1. The van der Waals surface area contributed by atoms with E-state index in [4.69, 9.17) is 16.3 Å². The lowest BCUT2D eigenvalue weighted by molar-refractivity contribution is -0.150. The number of benzene rings is 1. The maximum atomic E-state index is 13.7. The monoisotopic (exact) mass is 436 g/mol. The smallest absolute Gasteiger partial charge is 0.228 e. The number of hydrogen-bond donors (Lipinski definition) is 0. The van der Waals surface area contributed by atoms with Crippen LogP contribution < -0.4 is 4.74 Å². The lowest BCUT2D eigenvalue weighted by Gasteiger charge is -2.43. The summed E-state index contributed by atoms with van der Waals surface area (Å²) in [5, 5.41) is 0.0968. The Labute approximate surface area is 170 Å². The molecule has 10 heteroatoms. The van der Waals surface area contributed by atoms with Crippen molar-refractivity contribution < 1.29 is 27.1 Å². The Morgan fingerprint density at radius 1 is 1.28 bits per heavy atom. The van der Waals surface area contributed by atoms with Crippen LogP contribution in [0.15, 0.2) is 47.0 Å². The van der Waals surface area contributed by atoms with E-state index in [0.29, 0.717) is 5.75 Å². The number of sulfone groups is 1. The number of halogens is 2. The van der Waals surface area contributed by atoms with Crippen LogP contribution in [-0.4, -0.2) is 48.5 Å². The normalized spacial score (nSPS) is 22.6. The number of ether oxygens (including phenoxy) is 1. The maximum absolute atomic E-state index is 13.7. The molecule has 2 fully saturated rings. The number of hydrogen-bond acceptors (Lipinski definition) is 6. The number of rotatable bonds is 4. The van der Waals surface area contributed by atoms with Gasteiger partial charge in [-0.1, -0.05) is 11.6 Å². The second kappa shape index (κ2) is 6.64. The Kier molecular flexibility index (Phi) is 4.47. The predicted octanol–water partition coefficient (Wildman–Crippen LogP) is 2.25. The van der Waals surface area contributed by atoms with Gasteiger partial charge in [-0.2, -0.15) is 0 Å². The van der Waals surface area contributed by atoms with Crippen molar-refractivity contribution in [2.75, 3.05) is 13.7 Å². The third kappa shape index (κ3) is 2.76. The molecule has 2 aliphatic rings. The first kappa shape index (κ1) is 19.5. The Hall–Kier alpha value is -2.78. The van der Waals surface area contributed by atoms with E-state index in [1.54, 1.807) is 0 Å². The van der Waals surface area contributed by atoms with Gasteiger partial charge in [-0.3, -0.25) is 9.59 Å². The molecule has 0 bridgehead atoms. The van der Waals surface area contributed by atoms with E-state index >= 15 is 0 Å². The van der Waals surface area contributed by atoms with E-state index < -0.39 is 38.6 Å². The topological polar surface area (TPSA) is 93.6 Å². The molecule has 3 heterocycles. The number of Topliss-reactive ketones (excluding diaryl/α,β-unsaturated/α-hetero) is 1. The lowest BCUT2D eigenvalue weighted by Crippen LogP contribution is -2.67. The van der Waals surface area contributed by atoms with Crippen molar-refractivity contribution in [3.8, 4) is 5.75 Å². The first-order valence-corrected chi connectivity index (χ1v) is 10.3. The Morgan fingerprint density at radius 3 is 2.66 bits per heavy atom. The molecule has 1 amide bonds. The van der Waals surface area contributed by atoms with Crippen LogP contribution in [0.4, 0.5) is 4.39 Å². The summed E-state index contributed by atoms with van der Waals surface area (Å²) in [5.41, 5.74) is 0.344. The molecule has 29 heavy (non-hydrogen) atoms. The van der Waals surface area contributed by atoms with E-state index in [2.05, 4.69) is 4.98 Å². The van der Waals surface area contributed by atoms with Gasteiger partial charge >= 0.3 is 0 Å². The highest BCUT2D eigenvalue weighted by Crippen LogP contribution is 2.48. The summed E-state index contributed by atoms with van der Waals surface area (Å²) in [6.07, 6.45) is 1.94. The number of β-lactam (4-membered cyclic amide) rings is 1. The number of aromatic nitrogens is 1. The van der Waals surface area contributed by atoms with E-state index in [-0.39, 0.29) is 27.7 Å². The summed E-state index contributed by atoms with van der Waals surface area (Å²) >= 11 is 5.72. The highest BCUT2D eigenvalue weighted by atomic mass is 35.5. The number of fused-ring (bicyclic) bond motifs is 1. The van der Waals surface area contributed by atoms with Gasteiger partial charge in [-0.05, 0) is 36.4 Å². The zero-order chi connectivity index (χ0) is 21.0. The molecule has 4 rings (SSSR count). The molecular formula is C19H14ClFN2O5S. The SMILES string of the molecule is COc1ccc(F)cc1C=C1CN2C(=O)CC2(S(=O)(=O)c2ccc(Cl)nc2)C1=O. The summed E-state index contributed by atoms with van der Waals surface area (Å²) in [7, 11) is -2.87. The molecule has 1 aromatic carbocycles. The van der Waals surface area contributed by atoms with Crippen molar-refractivity contribution in [3.05, 3.63) is 58.6 Å². The van der Waals surface area contributed by atoms with Gasteiger partial charge in [0.2, 0.25) is 26.4 Å². The Morgan fingerprint density at radius 2 is 2.03 bits per heavy atom. The molecule has 0 aliphatic carbocycles. The number of methoxy groups -OCH3 is 1. The summed E-state index contributed by atoms with van der Waals surface area (Å²) in [4.78, 5) is 27.9. The van der Waals surface area contributed by atoms with Crippen molar-refractivity contribution in [2.24, 2.45) is 0 Å². The molecule has 2 saturated heterocycles. The molecule has 0 spiro atoms. The van der Waals surface area contributed by atoms with E-state index in [9.17, 15) is 22.4 Å². The number of ketones is 1. The molecule has 2 aromatic rings. The fraction of sp³-hybridized carbons (Fsp3) is 0.211. The molecule has 0 saturated carbocycles. The van der Waals surface area contributed by atoms with Crippen molar-refractivity contribution >= 4 is 39.2 Å². The van der Waals surface area contributed by atoms with Gasteiger partial charge in [0.1, 0.15) is 16.7 Å². The fourth-order valence-electron chi connectivity index (χ4n) is 3.61. The summed E-state index contributed by atoms with van der Waals surface area (Å²) < 4.78 is 45.3. The van der Waals surface area contributed by atoms with Crippen LogP contribution >= 0.6 is 11.6 Å². The average Bonchev–Trinajstić information content (AvgIpc) is 2.90. The lowest BCUT2D eigenvalue weighted by atomic mass is 9.99. The van der Waals surface area contributed by atoms with Gasteiger partial charge in [0.05, 0.1) is 25.0 Å². The molecule has 7 nitrogen and oxygen atoms in total. The van der Waals surface area contributed by atoms with Crippen LogP contribution in [0.1, 0.15) is 12.0 Å². The van der Waals surface area contributed by atoms with Crippen LogP contribution in [0.25, 0.3) is 6.08 Å². The molecular weight excluding hydrogens is 423 g/mol. The zero-order valence-corrected chi connectivity index (χ0v) is 16.6. The van der Waals surface area contributed by atoms with Crippen molar-refractivity contribution in [1.29, 1.82) is 0 Å². The fourth-order valence-corrected chi connectivity index (χ4v) is 5.70. The van der Waals surface area contributed by atoms with Crippen LogP contribution in [0, 0.1) is 5.82 Å². The summed E-state index contributed by atoms with van der Waals surface area (Å²) in [6.45, 7) is -0.197. The highest BCUT2D eigenvalue weighted by Gasteiger charge is 2.69. The first-order valence-electron chi connectivity index (χ1n) is 8.46. The van der Waals surface area contributed by atoms with E-state index in [1.807, 2.05) is 0 Å². The van der Waals surface area contributed by atoms with E-state index in [0.717, 1.165) is 11.1 Å². The minimum absolute atomic E-state index is 0.0743. The van der Waals surface area contributed by atoms with Gasteiger partial charge < -0.3 is 9.64 Å². The van der Waals surface area contributed by atoms with Crippen LogP contribution in [0.3, 0.4) is 0 Å². The standard InChI is InChI=1S/C19H14ClFN2O5S/c1-28-15-4-2-13(21)7-11(15)6-12-10-23-17(24)8-19(23,18(12)25)29(26,27)14-3-5-16(20)22-9-14/h2-7,9H,8,10H2,1H3. The van der Waals surface area contributed by atoms with Gasteiger partial charge in [-0.25, -0.2) is 17.8 Å². The summed E-state index contributed by atoms with van der Waals surface area (Å²) in [6, 6.07) is 6.30. The Balaban J connectivity index is 1.81. The van der Waals surface area contributed by atoms with Gasteiger partial charge in [0.15, 0.2) is 0 Å². The number of carbonyl (C=O) groups excluding carboxylic acids is 2. The number of amides is 1. The largest absolute Gasteiger partial charge is 0.496 e. The zero-order valence-electron chi connectivity index (χ0n) is 15.1. The quantitative estimate of drug-likeness (QED) is 0.414. The Bertz CT molecular complexity index is 1180. The third-order valence-corrected chi connectivity index (χ3v) is 7.60. The van der Waals surface area contributed by atoms with Crippen LogP contribution in [0.2, 0.25) is 5.15 Å². The third-order valence-electron chi connectivity index (χ3n) is 5.08. The molecule has 1 atom stereocenters. The second-order valence-corrected chi connectivity index (χ2v) is 9.19. The molecule has 150 valence electrons. The van der Waals surface area contributed by atoms with Crippen molar-refractivity contribution in [2.45, 2.75) is 16.2 Å². The molecule has 0 N–H and O–H groups in total. The first-order chi connectivity index (χ1) is 13.7. The van der Waals surface area contributed by atoms with Crippen LogP contribution in [0.5, 0.6) is 5.75 Å². The highest BCUT2D eigenvalue weighted by molar-refractivity contribution is 7.93. The van der Waals surface area contributed by atoms with E-state index in [1.165, 1.54) is 43.5 Å². The van der Waals surface area contributed by atoms with Gasteiger partial charge in [-0.15, -0.1) is 0 Å². The number of carbonyl (C=O) groups is 2. The molecule has 2 aliphatic heterocycles. The molecule has 1 unspecified atom stereocenters. The van der Waals surface area contributed by atoms with Gasteiger partial charge in [0, 0.05) is 17.3 Å². The molecule has 1 aromatic heterocycles. The summed E-state index contributed by atoms with van der Waals surface area (Å²) in [5.74, 6) is -1.42. The van der Waals surface area contributed by atoms with Crippen LogP contribution in [-0.2, 0) is 19.4 Å². The van der Waals surface area contributed by atoms with Gasteiger partial charge in [0.25, 0.3) is 0 Å². The van der Waals surface area contributed by atoms with Crippen molar-refractivity contribution in [3.63, 3.8) is 0 Å². The van der Waals surface area contributed by atoms with Crippen molar-refractivity contribution in [1.82, 2.24) is 9.88 Å². The second-order valence-electron chi connectivity index (χ2n) is 6.65. The average molecular weight is 437 g/mol. The molecule has 0 radical (unpaired) electrons. The maximum Gasteiger partial charge on any atom is 0.228 e. The minimum atomic E-state index is -4.26. The predicted molar refractivity (Wildman–Crippen MR) is 101 cm³/mol. The number of nitrogens with zero attached hydrogens (tertiary/aromatic N) is 2.